The fourth-order valence-electron chi connectivity index (χ4n) is 2.45. The van der Waals surface area contributed by atoms with Gasteiger partial charge in [-0.3, -0.25) is 4.79 Å². The van der Waals surface area contributed by atoms with Crippen molar-refractivity contribution in [3.63, 3.8) is 0 Å². The van der Waals surface area contributed by atoms with E-state index in [2.05, 4.69) is 10.6 Å². The van der Waals surface area contributed by atoms with E-state index >= 15 is 0 Å². The smallest absolute Gasteiger partial charge is 0.224 e. The average Bonchev–Trinajstić information content (AvgIpc) is 2.46. The van der Waals surface area contributed by atoms with Crippen LogP contribution in [0.15, 0.2) is 12.1 Å². The van der Waals surface area contributed by atoms with E-state index in [-0.39, 0.29) is 5.91 Å². The standard InChI is InChI=1S/C15H20Cl2N2O/c1-10-5-7-12(16)15(14(10)17)19-13(20)8-6-11-4-2-3-9-18-11/h5,7,11,18H,2-4,6,8-9H2,1H3,(H,19,20). The van der Waals surface area contributed by atoms with Gasteiger partial charge in [0.1, 0.15) is 0 Å². The molecule has 1 saturated heterocycles. The number of piperidine rings is 1. The number of carbonyl (C=O) groups is 1. The topological polar surface area (TPSA) is 41.1 Å². The van der Waals surface area contributed by atoms with E-state index in [0.717, 1.165) is 24.9 Å². The molecule has 1 unspecified atom stereocenters. The lowest BCUT2D eigenvalue weighted by atomic mass is 10.0. The lowest BCUT2D eigenvalue weighted by molar-refractivity contribution is -0.116. The van der Waals surface area contributed by atoms with Crippen LogP contribution in [0, 0.1) is 6.92 Å². The highest BCUT2D eigenvalue weighted by Crippen LogP contribution is 2.33. The number of amides is 1. The summed E-state index contributed by atoms with van der Waals surface area (Å²) in [5, 5.41) is 7.26. The Kier molecular flexibility index (Phi) is 5.70. The van der Waals surface area contributed by atoms with Crippen molar-refractivity contribution in [2.24, 2.45) is 0 Å². The zero-order valence-corrected chi connectivity index (χ0v) is 13.2. The highest BCUT2D eigenvalue weighted by atomic mass is 35.5. The van der Waals surface area contributed by atoms with Crippen molar-refractivity contribution in [3.8, 4) is 0 Å². The molecule has 0 saturated carbocycles. The van der Waals surface area contributed by atoms with Gasteiger partial charge in [-0.1, -0.05) is 35.7 Å². The van der Waals surface area contributed by atoms with Gasteiger partial charge in [0, 0.05) is 12.5 Å². The van der Waals surface area contributed by atoms with E-state index in [9.17, 15) is 4.79 Å². The van der Waals surface area contributed by atoms with Crippen molar-refractivity contribution in [3.05, 3.63) is 27.7 Å². The van der Waals surface area contributed by atoms with Crippen LogP contribution in [0.5, 0.6) is 0 Å². The van der Waals surface area contributed by atoms with Gasteiger partial charge in [-0.2, -0.15) is 0 Å². The third-order valence-corrected chi connectivity index (χ3v) is 4.48. The Morgan fingerprint density at radius 1 is 1.40 bits per heavy atom. The molecule has 1 fully saturated rings. The summed E-state index contributed by atoms with van der Waals surface area (Å²) in [7, 11) is 0. The molecule has 0 aromatic heterocycles. The summed E-state index contributed by atoms with van der Waals surface area (Å²) < 4.78 is 0. The van der Waals surface area contributed by atoms with Gasteiger partial charge in [0.2, 0.25) is 5.91 Å². The lowest BCUT2D eigenvalue weighted by Gasteiger charge is -2.23. The molecule has 2 N–H and O–H groups in total. The lowest BCUT2D eigenvalue weighted by Crippen LogP contribution is -2.34. The van der Waals surface area contributed by atoms with Crippen molar-refractivity contribution in [1.82, 2.24) is 5.32 Å². The van der Waals surface area contributed by atoms with Gasteiger partial charge in [-0.25, -0.2) is 0 Å². The highest BCUT2D eigenvalue weighted by molar-refractivity contribution is 6.40. The number of rotatable bonds is 4. The Bertz CT molecular complexity index is 485. The molecule has 1 aliphatic rings. The molecule has 0 radical (unpaired) electrons. The number of aryl methyl sites for hydroxylation is 1. The molecule has 3 nitrogen and oxygen atoms in total. The predicted octanol–water partition coefficient (Wildman–Crippen LogP) is 4.16. The molecular formula is C15H20Cl2N2O. The molecule has 1 amide bonds. The fourth-order valence-corrected chi connectivity index (χ4v) is 2.91. The largest absolute Gasteiger partial charge is 0.324 e. The van der Waals surface area contributed by atoms with Gasteiger partial charge in [-0.05, 0) is 44.4 Å². The number of carbonyl (C=O) groups excluding carboxylic acids is 1. The van der Waals surface area contributed by atoms with E-state index in [4.69, 9.17) is 23.2 Å². The van der Waals surface area contributed by atoms with Crippen molar-refractivity contribution in [1.29, 1.82) is 0 Å². The normalized spacial score (nSPS) is 18.9. The van der Waals surface area contributed by atoms with Crippen LogP contribution in [-0.2, 0) is 4.79 Å². The van der Waals surface area contributed by atoms with Gasteiger partial charge >= 0.3 is 0 Å². The van der Waals surface area contributed by atoms with Crippen molar-refractivity contribution < 1.29 is 4.79 Å². The van der Waals surface area contributed by atoms with Crippen LogP contribution in [0.1, 0.15) is 37.7 Å². The van der Waals surface area contributed by atoms with Gasteiger partial charge in [-0.15, -0.1) is 0 Å². The summed E-state index contributed by atoms with van der Waals surface area (Å²) in [6, 6.07) is 4.05. The average molecular weight is 315 g/mol. The minimum Gasteiger partial charge on any atom is -0.324 e. The molecule has 0 aliphatic carbocycles. The van der Waals surface area contributed by atoms with E-state index in [1.54, 1.807) is 6.07 Å². The molecule has 0 bridgehead atoms. The number of nitrogens with one attached hydrogen (secondary N) is 2. The maximum Gasteiger partial charge on any atom is 0.224 e. The minimum absolute atomic E-state index is 0.0354. The van der Waals surface area contributed by atoms with E-state index in [1.165, 1.54) is 12.8 Å². The van der Waals surface area contributed by atoms with Crippen LogP contribution < -0.4 is 10.6 Å². The van der Waals surface area contributed by atoms with Crippen LogP contribution >= 0.6 is 23.2 Å². The number of benzene rings is 1. The first-order valence-corrected chi connectivity index (χ1v) is 7.81. The van der Waals surface area contributed by atoms with Crippen LogP contribution in [-0.4, -0.2) is 18.5 Å². The zero-order chi connectivity index (χ0) is 14.5. The third kappa shape index (κ3) is 4.11. The Morgan fingerprint density at radius 3 is 2.90 bits per heavy atom. The molecule has 1 atom stereocenters. The zero-order valence-electron chi connectivity index (χ0n) is 11.6. The van der Waals surface area contributed by atoms with Gasteiger partial charge < -0.3 is 10.6 Å². The molecule has 1 aliphatic heterocycles. The molecule has 0 spiro atoms. The number of anilines is 1. The summed E-state index contributed by atoms with van der Waals surface area (Å²) in [4.78, 5) is 12.0. The molecule has 110 valence electrons. The number of halogens is 2. The Labute approximate surface area is 130 Å². The second-order valence-electron chi connectivity index (χ2n) is 5.29. The third-order valence-electron chi connectivity index (χ3n) is 3.68. The van der Waals surface area contributed by atoms with E-state index in [0.29, 0.717) is 28.2 Å². The molecular weight excluding hydrogens is 295 g/mol. The van der Waals surface area contributed by atoms with Crippen molar-refractivity contribution in [2.75, 3.05) is 11.9 Å². The summed E-state index contributed by atoms with van der Waals surface area (Å²) in [5.41, 5.74) is 1.43. The maximum absolute atomic E-state index is 12.0. The predicted molar refractivity (Wildman–Crippen MR) is 84.7 cm³/mol. The van der Waals surface area contributed by atoms with Gasteiger partial charge in [0.05, 0.1) is 15.7 Å². The molecule has 1 heterocycles. The first kappa shape index (κ1) is 15.6. The number of hydrogen-bond acceptors (Lipinski definition) is 2. The van der Waals surface area contributed by atoms with Crippen LogP contribution in [0.2, 0.25) is 10.0 Å². The van der Waals surface area contributed by atoms with Gasteiger partial charge in [0.25, 0.3) is 0 Å². The summed E-state index contributed by atoms with van der Waals surface area (Å²) in [6.07, 6.45) is 4.97. The molecule has 5 heteroatoms. The Balaban J connectivity index is 1.89. The van der Waals surface area contributed by atoms with E-state index < -0.39 is 0 Å². The van der Waals surface area contributed by atoms with Crippen LogP contribution in [0.4, 0.5) is 5.69 Å². The second kappa shape index (κ2) is 7.30. The SMILES string of the molecule is Cc1ccc(Cl)c(NC(=O)CCC2CCCCN2)c1Cl. The first-order valence-electron chi connectivity index (χ1n) is 7.06. The maximum atomic E-state index is 12.0. The van der Waals surface area contributed by atoms with Gasteiger partial charge in [0.15, 0.2) is 0 Å². The van der Waals surface area contributed by atoms with Crippen LogP contribution in [0.3, 0.4) is 0 Å². The Morgan fingerprint density at radius 2 is 2.20 bits per heavy atom. The minimum atomic E-state index is -0.0354. The van der Waals surface area contributed by atoms with Crippen molar-refractivity contribution >= 4 is 34.8 Å². The molecule has 1 aromatic carbocycles. The second-order valence-corrected chi connectivity index (χ2v) is 6.07. The summed E-state index contributed by atoms with van der Waals surface area (Å²) in [5.74, 6) is -0.0354. The van der Waals surface area contributed by atoms with Crippen LogP contribution in [0.25, 0.3) is 0 Å². The molecule has 2 rings (SSSR count). The fraction of sp³-hybridized carbons (Fsp3) is 0.533. The highest BCUT2D eigenvalue weighted by Gasteiger charge is 2.16. The monoisotopic (exact) mass is 314 g/mol. The summed E-state index contributed by atoms with van der Waals surface area (Å²) >= 11 is 12.3. The quantitative estimate of drug-likeness (QED) is 0.876. The Hall–Kier alpha value is -0.770. The van der Waals surface area contributed by atoms with Crippen molar-refractivity contribution in [2.45, 2.75) is 45.1 Å². The molecule has 1 aromatic rings. The molecule has 20 heavy (non-hydrogen) atoms. The summed E-state index contributed by atoms with van der Waals surface area (Å²) in [6.45, 7) is 2.95. The van der Waals surface area contributed by atoms with E-state index in [1.807, 2.05) is 13.0 Å². The number of hydrogen-bond donors (Lipinski definition) is 2. The first-order chi connectivity index (χ1) is 9.58.